The molecule has 2 heterocycles. The van der Waals surface area contributed by atoms with Crippen LogP contribution in [0.15, 0.2) is 60.7 Å². The van der Waals surface area contributed by atoms with E-state index in [1.165, 1.54) is 0 Å². The lowest BCUT2D eigenvalue weighted by Crippen LogP contribution is -2.50. The van der Waals surface area contributed by atoms with E-state index in [1.807, 2.05) is 45.0 Å². The largest absolute Gasteiger partial charge is 0.481 e. The highest BCUT2D eigenvalue weighted by molar-refractivity contribution is 6.07. The SMILES string of the molecule is Cc1ccc(C(CC(=O)O)NC(=O)c2ccc(N3C(C)COCC3C)c(NC(=O)c3ccc4c(c3)OCO4)c2)cc1. The van der Waals surface area contributed by atoms with Gasteiger partial charge in [0.05, 0.1) is 37.1 Å². The van der Waals surface area contributed by atoms with Gasteiger partial charge in [-0.25, -0.2) is 0 Å². The van der Waals surface area contributed by atoms with Gasteiger partial charge < -0.3 is 34.9 Å². The van der Waals surface area contributed by atoms with Gasteiger partial charge in [0, 0.05) is 23.2 Å². The Morgan fingerprint density at radius 3 is 2.27 bits per heavy atom. The molecule has 3 aromatic carbocycles. The average molecular weight is 560 g/mol. The molecule has 0 saturated carbocycles. The molecule has 2 aliphatic heterocycles. The van der Waals surface area contributed by atoms with Crippen molar-refractivity contribution in [2.45, 2.75) is 45.3 Å². The zero-order valence-electron chi connectivity index (χ0n) is 23.2. The number of aliphatic carboxylic acids is 1. The summed E-state index contributed by atoms with van der Waals surface area (Å²) < 4.78 is 16.5. The van der Waals surface area contributed by atoms with E-state index in [2.05, 4.69) is 15.5 Å². The molecule has 0 spiro atoms. The second kappa shape index (κ2) is 11.9. The van der Waals surface area contributed by atoms with E-state index in [1.54, 1.807) is 36.4 Å². The predicted molar refractivity (Wildman–Crippen MR) is 153 cm³/mol. The minimum absolute atomic E-state index is 0.0288. The molecule has 3 unspecified atom stereocenters. The van der Waals surface area contributed by atoms with Crippen LogP contribution in [0.3, 0.4) is 0 Å². The van der Waals surface area contributed by atoms with E-state index in [0.717, 1.165) is 11.3 Å². The Bertz CT molecular complexity index is 1450. The molecule has 2 amide bonds. The summed E-state index contributed by atoms with van der Waals surface area (Å²) in [4.78, 5) is 40.6. The Balaban J connectivity index is 1.46. The van der Waals surface area contributed by atoms with Crippen LogP contribution in [0.2, 0.25) is 0 Å². The van der Waals surface area contributed by atoms with Gasteiger partial charge >= 0.3 is 5.97 Å². The van der Waals surface area contributed by atoms with Crippen LogP contribution in [-0.4, -0.2) is 55.0 Å². The first kappa shape index (κ1) is 28.0. The monoisotopic (exact) mass is 559 g/mol. The standard InChI is InChI=1S/C31H33N3O7/c1-18-4-6-21(7-5-18)24(14-29(35)36)32-30(37)22-8-10-26(34-19(2)15-39-16-20(34)3)25(12-22)33-31(38)23-9-11-27-28(13-23)41-17-40-27/h4-13,19-20,24H,14-17H2,1-3H3,(H,32,37)(H,33,38)(H,35,36). The van der Waals surface area contributed by atoms with Gasteiger partial charge in [-0.15, -0.1) is 0 Å². The summed E-state index contributed by atoms with van der Waals surface area (Å²) in [7, 11) is 0. The van der Waals surface area contributed by atoms with Crippen LogP contribution in [0, 0.1) is 6.92 Å². The van der Waals surface area contributed by atoms with Gasteiger partial charge in [-0.3, -0.25) is 14.4 Å². The van der Waals surface area contributed by atoms with Gasteiger partial charge in [0.1, 0.15) is 0 Å². The topological polar surface area (TPSA) is 126 Å². The second-order valence-corrected chi connectivity index (χ2v) is 10.4. The molecule has 3 aromatic rings. The molecular formula is C31H33N3O7. The molecule has 1 saturated heterocycles. The number of hydrogen-bond acceptors (Lipinski definition) is 7. The number of carbonyl (C=O) groups is 3. The third-order valence-electron chi connectivity index (χ3n) is 7.25. The minimum atomic E-state index is -1.03. The fourth-order valence-electron chi connectivity index (χ4n) is 5.18. The number of morpholine rings is 1. The molecule has 10 heteroatoms. The van der Waals surface area contributed by atoms with E-state index in [4.69, 9.17) is 14.2 Å². The first-order valence-electron chi connectivity index (χ1n) is 13.5. The van der Waals surface area contributed by atoms with Gasteiger partial charge in [0.15, 0.2) is 11.5 Å². The lowest BCUT2D eigenvalue weighted by Gasteiger charge is -2.41. The molecule has 2 aliphatic rings. The summed E-state index contributed by atoms with van der Waals surface area (Å²) in [5.74, 6) is -0.800. The molecule has 10 nitrogen and oxygen atoms in total. The fourth-order valence-corrected chi connectivity index (χ4v) is 5.18. The molecule has 5 rings (SSSR count). The van der Waals surface area contributed by atoms with Gasteiger partial charge in [0.25, 0.3) is 11.8 Å². The number of aryl methyl sites for hydroxylation is 1. The number of fused-ring (bicyclic) bond motifs is 1. The zero-order valence-corrected chi connectivity index (χ0v) is 23.2. The van der Waals surface area contributed by atoms with Crippen LogP contribution in [0.1, 0.15) is 58.2 Å². The lowest BCUT2D eigenvalue weighted by molar-refractivity contribution is -0.137. The van der Waals surface area contributed by atoms with Crippen LogP contribution in [-0.2, 0) is 9.53 Å². The van der Waals surface area contributed by atoms with Crippen molar-refractivity contribution in [3.63, 3.8) is 0 Å². The smallest absolute Gasteiger partial charge is 0.305 e. The van der Waals surface area contributed by atoms with Gasteiger partial charge in [-0.05, 0) is 62.7 Å². The highest BCUT2D eigenvalue weighted by Gasteiger charge is 2.29. The average Bonchev–Trinajstić information content (AvgIpc) is 3.41. The van der Waals surface area contributed by atoms with Crippen LogP contribution < -0.4 is 25.0 Å². The molecule has 1 fully saturated rings. The molecular weight excluding hydrogens is 526 g/mol. The lowest BCUT2D eigenvalue weighted by atomic mass is 10.0. The normalized spacial score (nSPS) is 18.5. The Labute approximate surface area is 238 Å². The van der Waals surface area contributed by atoms with E-state index in [9.17, 15) is 19.5 Å². The molecule has 0 aromatic heterocycles. The fraction of sp³-hybridized carbons (Fsp3) is 0.323. The van der Waals surface area contributed by atoms with Crippen molar-refractivity contribution in [2.24, 2.45) is 0 Å². The molecule has 41 heavy (non-hydrogen) atoms. The van der Waals surface area contributed by atoms with Crippen molar-refractivity contribution in [3.05, 3.63) is 82.9 Å². The summed E-state index contributed by atoms with van der Waals surface area (Å²) in [6, 6.07) is 16.8. The number of carbonyl (C=O) groups excluding carboxylic acids is 2. The highest BCUT2D eigenvalue weighted by atomic mass is 16.7. The Hall–Kier alpha value is -4.57. The van der Waals surface area contributed by atoms with Crippen LogP contribution >= 0.6 is 0 Å². The number of nitrogens with zero attached hydrogens (tertiary/aromatic N) is 1. The van der Waals surface area contributed by atoms with Gasteiger partial charge in [-0.1, -0.05) is 29.8 Å². The summed E-state index contributed by atoms with van der Waals surface area (Å²) in [6.07, 6.45) is -0.274. The first-order valence-corrected chi connectivity index (χ1v) is 13.5. The maximum atomic E-state index is 13.4. The van der Waals surface area contributed by atoms with Crippen LogP contribution in [0.25, 0.3) is 0 Å². The number of anilines is 2. The number of rotatable bonds is 8. The first-order chi connectivity index (χ1) is 19.7. The number of ether oxygens (including phenoxy) is 3. The van der Waals surface area contributed by atoms with Crippen LogP contribution in [0.5, 0.6) is 11.5 Å². The van der Waals surface area contributed by atoms with Crippen LogP contribution in [0.4, 0.5) is 11.4 Å². The maximum Gasteiger partial charge on any atom is 0.305 e. The Morgan fingerprint density at radius 2 is 1.56 bits per heavy atom. The van der Waals surface area contributed by atoms with Crippen molar-refractivity contribution in [1.82, 2.24) is 5.32 Å². The van der Waals surface area contributed by atoms with Gasteiger partial charge in [-0.2, -0.15) is 0 Å². The minimum Gasteiger partial charge on any atom is -0.481 e. The van der Waals surface area contributed by atoms with Crippen molar-refractivity contribution in [2.75, 3.05) is 30.2 Å². The highest BCUT2D eigenvalue weighted by Crippen LogP contribution is 2.35. The Morgan fingerprint density at radius 1 is 0.902 bits per heavy atom. The Kier molecular flexibility index (Phi) is 8.11. The van der Waals surface area contributed by atoms with Crippen molar-refractivity contribution in [1.29, 1.82) is 0 Å². The maximum absolute atomic E-state index is 13.4. The van der Waals surface area contributed by atoms with Gasteiger partial charge in [0.2, 0.25) is 6.79 Å². The van der Waals surface area contributed by atoms with Crippen molar-refractivity contribution in [3.8, 4) is 11.5 Å². The molecule has 0 radical (unpaired) electrons. The number of hydrogen-bond donors (Lipinski definition) is 3. The summed E-state index contributed by atoms with van der Waals surface area (Å²) in [5, 5.41) is 15.3. The summed E-state index contributed by atoms with van der Waals surface area (Å²) in [6.45, 7) is 7.16. The zero-order chi connectivity index (χ0) is 29.1. The molecule has 0 bridgehead atoms. The van der Waals surface area contributed by atoms with Crippen molar-refractivity contribution >= 4 is 29.2 Å². The predicted octanol–water partition coefficient (Wildman–Crippen LogP) is 4.54. The van der Waals surface area contributed by atoms with E-state index in [-0.39, 0.29) is 36.8 Å². The number of nitrogens with one attached hydrogen (secondary N) is 2. The second-order valence-electron chi connectivity index (χ2n) is 10.4. The summed E-state index contributed by atoms with van der Waals surface area (Å²) in [5.41, 5.74) is 3.57. The number of carboxylic acid groups (broad SMARTS) is 1. The molecule has 0 aliphatic carbocycles. The molecule has 214 valence electrons. The number of amides is 2. The quantitative estimate of drug-likeness (QED) is 0.367. The van der Waals surface area contributed by atoms with E-state index < -0.39 is 17.9 Å². The number of benzene rings is 3. The molecule has 3 N–H and O–H groups in total. The van der Waals surface area contributed by atoms with Crippen molar-refractivity contribution < 1.29 is 33.7 Å². The van der Waals surface area contributed by atoms with E-state index in [0.29, 0.717) is 41.5 Å². The van der Waals surface area contributed by atoms with E-state index >= 15 is 0 Å². The third kappa shape index (κ3) is 6.28. The molecule has 3 atom stereocenters. The number of carboxylic acids is 1. The third-order valence-corrected chi connectivity index (χ3v) is 7.25. The summed E-state index contributed by atoms with van der Waals surface area (Å²) >= 11 is 0.